The number of aryl methyl sites for hydroxylation is 1. The summed E-state index contributed by atoms with van der Waals surface area (Å²) >= 11 is 0. The quantitative estimate of drug-likeness (QED) is 0.674. The SMILES string of the molecule is Cc1ccc(C2(C(=O)N3CCCC4(CCN4CC(=O)N4CCCC4)C3)CC2)cc1.O=C(O)C(F)(F)F. The van der Waals surface area contributed by atoms with Crippen molar-refractivity contribution in [1.82, 2.24) is 14.7 Å². The first kappa shape index (κ1) is 26.4. The largest absolute Gasteiger partial charge is 0.490 e. The van der Waals surface area contributed by atoms with Crippen molar-refractivity contribution >= 4 is 17.8 Å². The second kappa shape index (κ2) is 10.0. The van der Waals surface area contributed by atoms with E-state index in [2.05, 4.69) is 41.0 Å². The molecule has 36 heavy (non-hydrogen) atoms. The molecule has 1 N–H and O–H groups in total. The Bertz CT molecular complexity index is 987. The Labute approximate surface area is 209 Å². The number of carboxylic acid groups (broad SMARTS) is 1. The Morgan fingerprint density at radius 1 is 0.889 bits per heavy atom. The Kier molecular flexibility index (Phi) is 7.37. The minimum atomic E-state index is -5.08. The summed E-state index contributed by atoms with van der Waals surface area (Å²) in [5.41, 5.74) is 2.17. The lowest BCUT2D eigenvalue weighted by molar-refractivity contribution is -0.192. The Morgan fingerprint density at radius 3 is 1.97 bits per heavy atom. The second-order valence-electron chi connectivity index (χ2n) is 10.6. The highest BCUT2D eigenvalue weighted by molar-refractivity contribution is 5.91. The molecule has 1 unspecified atom stereocenters. The van der Waals surface area contributed by atoms with E-state index in [9.17, 15) is 22.8 Å². The van der Waals surface area contributed by atoms with E-state index in [0.29, 0.717) is 12.5 Å². The number of carboxylic acids is 1. The highest BCUT2D eigenvalue weighted by Crippen LogP contribution is 2.51. The first-order valence-corrected chi connectivity index (χ1v) is 12.7. The summed E-state index contributed by atoms with van der Waals surface area (Å²) in [6, 6.07) is 8.53. The number of hydrogen-bond donors (Lipinski definition) is 1. The van der Waals surface area contributed by atoms with E-state index in [0.717, 1.165) is 77.7 Å². The monoisotopic (exact) mass is 509 g/mol. The van der Waals surface area contributed by atoms with Crippen LogP contribution in [0.2, 0.25) is 0 Å². The maximum absolute atomic E-state index is 13.6. The van der Waals surface area contributed by atoms with Gasteiger partial charge in [-0.05, 0) is 57.4 Å². The van der Waals surface area contributed by atoms with E-state index in [1.54, 1.807) is 0 Å². The molecule has 0 bridgehead atoms. The second-order valence-corrected chi connectivity index (χ2v) is 10.6. The van der Waals surface area contributed by atoms with Crippen LogP contribution in [0.25, 0.3) is 0 Å². The summed E-state index contributed by atoms with van der Waals surface area (Å²) in [5, 5.41) is 7.12. The van der Waals surface area contributed by atoms with Crippen LogP contribution in [-0.4, -0.2) is 88.6 Å². The number of carbonyl (C=O) groups excluding carboxylic acids is 2. The highest BCUT2D eigenvalue weighted by atomic mass is 19.4. The molecule has 0 aromatic heterocycles. The third-order valence-electron chi connectivity index (χ3n) is 8.15. The third kappa shape index (κ3) is 5.38. The summed E-state index contributed by atoms with van der Waals surface area (Å²) in [6.45, 7) is 7.12. The normalized spacial score (nSPS) is 25.1. The van der Waals surface area contributed by atoms with Gasteiger partial charge in [-0.15, -0.1) is 0 Å². The van der Waals surface area contributed by atoms with Gasteiger partial charge in [-0.25, -0.2) is 4.79 Å². The smallest absolute Gasteiger partial charge is 0.475 e. The molecule has 3 aliphatic heterocycles. The summed E-state index contributed by atoms with van der Waals surface area (Å²) < 4.78 is 31.7. The number of aliphatic carboxylic acids is 1. The lowest BCUT2D eigenvalue weighted by atomic mass is 9.77. The number of hydrogen-bond acceptors (Lipinski definition) is 4. The first-order chi connectivity index (χ1) is 17.0. The van der Waals surface area contributed by atoms with Gasteiger partial charge < -0.3 is 14.9 Å². The molecule has 1 aromatic carbocycles. The van der Waals surface area contributed by atoms with Gasteiger partial charge in [0.05, 0.1) is 12.0 Å². The van der Waals surface area contributed by atoms with E-state index in [4.69, 9.17) is 9.90 Å². The number of amides is 2. The molecule has 1 atom stereocenters. The highest BCUT2D eigenvalue weighted by Gasteiger charge is 2.56. The Hall–Kier alpha value is -2.62. The van der Waals surface area contributed by atoms with E-state index < -0.39 is 12.1 Å². The van der Waals surface area contributed by atoms with Crippen molar-refractivity contribution < 1.29 is 32.7 Å². The van der Waals surface area contributed by atoms with Gasteiger partial charge in [0, 0.05) is 38.3 Å². The molecular weight excluding hydrogens is 475 g/mol. The molecule has 7 nitrogen and oxygen atoms in total. The third-order valence-corrected chi connectivity index (χ3v) is 8.15. The number of alkyl halides is 3. The topological polar surface area (TPSA) is 81.2 Å². The summed E-state index contributed by atoms with van der Waals surface area (Å²) in [6.07, 6.45) is 2.40. The molecule has 1 aliphatic carbocycles. The van der Waals surface area contributed by atoms with E-state index in [-0.39, 0.29) is 16.9 Å². The standard InChI is InChI=1S/C24H33N3O2.C2HF3O2/c1-19-5-7-20(8-6-19)24(10-11-24)22(29)26-15-4-9-23(18-26)12-16-27(23)17-21(28)25-13-2-3-14-25;3-2(4,5)1(6)7/h5-8H,2-4,9-18H2,1H3;(H,6,7). The molecule has 198 valence electrons. The van der Waals surface area contributed by atoms with Gasteiger partial charge in [-0.3, -0.25) is 14.5 Å². The summed E-state index contributed by atoms with van der Waals surface area (Å²) in [4.78, 5) is 41.7. The zero-order valence-electron chi connectivity index (χ0n) is 20.6. The van der Waals surface area contributed by atoms with Crippen molar-refractivity contribution in [3.8, 4) is 0 Å². The molecule has 1 aromatic rings. The van der Waals surface area contributed by atoms with Gasteiger partial charge in [-0.1, -0.05) is 29.8 Å². The van der Waals surface area contributed by atoms with Crippen molar-refractivity contribution in [2.45, 2.75) is 69.0 Å². The van der Waals surface area contributed by atoms with Crippen LogP contribution in [0, 0.1) is 6.92 Å². The Morgan fingerprint density at radius 2 is 1.47 bits per heavy atom. The predicted molar refractivity (Wildman–Crippen MR) is 126 cm³/mol. The van der Waals surface area contributed by atoms with Crippen molar-refractivity contribution in [1.29, 1.82) is 0 Å². The van der Waals surface area contributed by atoms with Gasteiger partial charge in [-0.2, -0.15) is 13.2 Å². The number of halogens is 3. The minimum absolute atomic E-state index is 0.0344. The van der Waals surface area contributed by atoms with Gasteiger partial charge >= 0.3 is 12.1 Å². The van der Waals surface area contributed by atoms with E-state index in [1.807, 2.05) is 4.90 Å². The lowest BCUT2D eigenvalue weighted by Gasteiger charge is -2.57. The number of carbonyl (C=O) groups is 3. The van der Waals surface area contributed by atoms with Gasteiger partial charge in [0.1, 0.15) is 0 Å². The molecule has 3 saturated heterocycles. The zero-order chi connectivity index (χ0) is 26.1. The number of likely N-dealkylation sites (tertiary alicyclic amines) is 3. The number of nitrogens with zero attached hydrogens (tertiary/aromatic N) is 3. The zero-order valence-corrected chi connectivity index (χ0v) is 20.6. The number of rotatable bonds is 4. The predicted octanol–water partition coefficient (Wildman–Crippen LogP) is 3.35. The molecule has 3 heterocycles. The Balaban J connectivity index is 0.000000384. The van der Waals surface area contributed by atoms with Crippen molar-refractivity contribution in [3.63, 3.8) is 0 Å². The van der Waals surface area contributed by atoms with Crippen LogP contribution in [0.5, 0.6) is 0 Å². The molecule has 1 saturated carbocycles. The molecule has 5 rings (SSSR count). The molecule has 0 radical (unpaired) electrons. The number of piperidine rings is 1. The van der Waals surface area contributed by atoms with Crippen LogP contribution in [-0.2, 0) is 19.8 Å². The molecule has 10 heteroatoms. The number of benzene rings is 1. The fraction of sp³-hybridized carbons (Fsp3) is 0.654. The minimum Gasteiger partial charge on any atom is -0.475 e. The van der Waals surface area contributed by atoms with Crippen molar-refractivity contribution in [2.75, 3.05) is 39.3 Å². The molecule has 1 spiro atoms. The van der Waals surface area contributed by atoms with Crippen LogP contribution in [0.4, 0.5) is 13.2 Å². The lowest BCUT2D eigenvalue weighted by Crippen LogP contribution is -2.69. The van der Waals surface area contributed by atoms with Gasteiger partial charge in [0.15, 0.2) is 0 Å². The average molecular weight is 510 g/mol. The van der Waals surface area contributed by atoms with E-state index in [1.165, 1.54) is 11.1 Å². The average Bonchev–Trinajstić information content (AvgIpc) is 3.46. The summed E-state index contributed by atoms with van der Waals surface area (Å²) in [7, 11) is 0. The summed E-state index contributed by atoms with van der Waals surface area (Å²) in [5.74, 6) is -2.16. The van der Waals surface area contributed by atoms with Crippen LogP contribution >= 0.6 is 0 Å². The van der Waals surface area contributed by atoms with Crippen molar-refractivity contribution in [3.05, 3.63) is 35.4 Å². The van der Waals surface area contributed by atoms with Gasteiger partial charge in [0.2, 0.25) is 11.8 Å². The molecule has 2 amide bonds. The fourth-order valence-electron chi connectivity index (χ4n) is 5.74. The maximum atomic E-state index is 13.6. The maximum Gasteiger partial charge on any atom is 0.490 e. The molecule has 4 fully saturated rings. The van der Waals surface area contributed by atoms with E-state index >= 15 is 0 Å². The van der Waals surface area contributed by atoms with Crippen LogP contribution in [0.15, 0.2) is 24.3 Å². The van der Waals surface area contributed by atoms with Crippen LogP contribution in [0.1, 0.15) is 56.1 Å². The van der Waals surface area contributed by atoms with Crippen LogP contribution < -0.4 is 0 Å². The van der Waals surface area contributed by atoms with Gasteiger partial charge in [0.25, 0.3) is 0 Å². The fourth-order valence-corrected chi connectivity index (χ4v) is 5.74. The molecule has 4 aliphatic rings. The van der Waals surface area contributed by atoms with Crippen molar-refractivity contribution in [2.24, 2.45) is 0 Å². The molecular formula is C26H34F3N3O4. The van der Waals surface area contributed by atoms with Crippen LogP contribution in [0.3, 0.4) is 0 Å². The first-order valence-electron chi connectivity index (χ1n) is 12.7.